The molecular weight excluding hydrogens is 345 g/mol. The van der Waals surface area contributed by atoms with Gasteiger partial charge in [0.1, 0.15) is 0 Å². The lowest BCUT2D eigenvalue weighted by atomic mass is 9.98. The number of halogens is 3. The van der Waals surface area contributed by atoms with Crippen LogP contribution in [0.1, 0.15) is 19.8 Å². The third kappa shape index (κ3) is 6.79. The molecule has 1 amide bonds. The smallest absolute Gasteiger partial charge is 0.475 e. The fraction of sp³-hybridized carbons (Fsp3) is 0.867. The maximum atomic E-state index is 12.0. The Morgan fingerprint density at radius 1 is 1.40 bits per heavy atom. The molecule has 0 radical (unpaired) electrons. The number of hydrogen-bond donors (Lipinski definition) is 1. The van der Waals surface area contributed by atoms with Crippen molar-refractivity contribution in [3.63, 3.8) is 0 Å². The van der Waals surface area contributed by atoms with Crippen LogP contribution in [0.2, 0.25) is 0 Å². The van der Waals surface area contributed by atoms with E-state index in [-0.39, 0.29) is 17.6 Å². The molecule has 2 aliphatic rings. The first kappa shape index (κ1) is 21.7. The van der Waals surface area contributed by atoms with Crippen molar-refractivity contribution in [2.45, 2.75) is 37.6 Å². The predicted octanol–water partition coefficient (Wildman–Crippen LogP) is 0.978. The van der Waals surface area contributed by atoms with Crippen LogP contribution in [-0.2, 0) is 19.1 Å². The lowest BCUT2D eigenvalue weighted by molar-refractivity contribution is -0.192. The summed E-state index contributed by atoms with van der Waals surface area (Å²) >= 11 is 0. The average molecular weight is 370 g/mol. The normalized spacial score (nSPS) is 26.0. The quantitative estimate of drug-likeness (QED) is 0.795. The number of rotatable bonds is 4. The minimum Gasteiger partial charge on any atom is -0.475 e. The molecule has 0 aromatic rings. The van der Waals surface area contributed by atoms with Crippen LogP contribution in [0.4, 0.5) is 13.2 Å². The maximum Gasteiger partial charge on any atom is 0.490 e. The molecule has 2 fully saturated rings. The Hall–Kier alpha value is -1.39. The van der Waals surface area contributed by atoms with Crippen molar-refractivity contribution in [2.24, 2.45) is 0 Å². The van der Waals surface area contributed by atoms with Gasteiger partial charge in [-0.1, -0.05) is 0 Å². The number of likely N-dealkylation sites (N-methyl/N-ethyl adjacent to an activating group) is 1. The van der Waals surface area contributed by atoms with Crippen LogP contribution in [0.3, 0.4) is 0 Å². The minimum atomic E-state index is -5.08. The third-order valence-electron chi connectivity index (χ3n) is 3.94. The van der Waals surface area contributed by atoms with E-state index in [9.17, 15) is 18.0 Å². The zero-order valence-corrected chi connectivity index (χ0v) is 14.6. The van der Waals surface area contributed by atoms with Gasteiger partial charge in [-0.2, -0.15) is 13.2 Å². The van der Waals surface area contributed by atoms with E-state index in [0.717, 1.165) is 32.5 Å². The van der Waals surface area contributed by atoms with Crippen molar-refractivity contribution in [1.29, 1.82) is 0 Å². The Morgan fingerprint density at radius 2 is 2.00 bits per heavy atom. The monoisotopic (exact) mass is 370 g/mol. The van der Waals surface area contributed by atoms with Gasteiger partial charge in [-0.05, 0) is 27.4 Å². The highest BCUT2D eigenvalue weighted by molar-refractivity contribution is 5.78. The first-order chi connectivity index (χ1) is 11.5. The highest BCUT2D eigenvalue weighted by Crippen LogP contribution is 2.36. The molecule has 7 nitrogen and oxygen atoms in total. The number of amides is 1. The maximum absolute atomic E-state index is 12.0. The van der Waals surface area contributed by atoms with E-state index >= 15 is 0 Å². The van der Waals surface area contributed by atoms with E-state index in [4.69, 9.17) is 19.4 Å². The van der Waals surface area contributed by atoms with Crippen molar-refractivity contribution >= 4 is 11.9 Å². The molecule has 0 unspecified atom stereocenters. The van der Waals surface area contributed by atoms with Gasteiger partial charge in [0.2, 0.25) is 5.91 Å². The van der Waals surface area contributed by atoms with Crippen LogP contribution in [0.15, 0.2) is 0 Å². The van der Waals surface area contributed by atoms with Gasteiger partial charge < -0.3 is 24.4 Å². The zero-order chi connectivity index (χ0) is 19.3. The number of ether oxygens (including phenoxy) is 2. The van der Waals surface area contributed by atoms with Gasteiger partial charge in [-0.25, -0.2) is 4.79 Å². The second kappa shape index (κ2) is 8.81. The predicted molar refractivity (Wildman–Crippen MR) is 82.2 cm³/mol. The van der Waals surface area contributed by atoms with Crippen molar-refractivity contribution in [3.8, 4) is 0 Å². The van der Waals surface area contributed by atoms with Gasteiger partial charge in [0.05, 0.1) is 24.9 Å². The van der Waals surface area contributed by atoms with Gasteiger partial charge in [0.15, 0.2) is 0 Å². The van der Waals surface area contributed by atoms with Crippen molar-refractivity contribution in [2.75, 3.05) is 46.9 Å². The van der Waals surface area contributed by atoms with E-state index in [0.29, 0.717) is 13.2 Å². The van der Waals surface area contributed by atoms with Crippen molar-refractivity contribution in [3.05, 3.63) is 0 Å². The molecule has 146 valence electrons. The summed E-state index contributed by atoms with van der Waals surface area (Å²) < 4.78 is 43.3. The number of carboxylic acids is 1. The standard InChI is InChI=1S/C13H24N2O3.C2HF3O2/c1-4-17-11-7-13(18-9-11)5-6-15(10-13)12(16)8-14(2)3;3-2(4,5)1(6)7/h11H,4-10H2,1-3H3;(H,6,7)/t11-,13+;/m1./s1. The number of carboxylic acid groups (broad SMARTS) is 1. The molecule has 1 spiro atoms. The number of alkyl halides is 3. The van der Waals surface area contributed by atoms with Crippen molar-refractivity contribution in [1.82, 2.24) is 9.80 Å². The van der Waals surface area contributed by atoms with Gasteiger partial charge in [0, 0.05) is 26.1 Å². The van der Waals surface area contributed by atoms with E-state index in [1.54, 1.807) is 0 Å². The summed E-state index contributed by atoms with van der Waals surface area (Å²) in [5, 5.41) is 7.12. The van der Waals surface area contributed by atoms with Gasteiger partial charge in [-0.15, -0.1) is 0 Å². The summed E-state index contributed by atoms with van der Waals surface area (Å²) in [6.07, 6.45) is -3.01. The summed E-state index contributed by atoms with van der Waals surface area (Å²) in [4.78, 5) is 24.7. The summed E-state index contributed by atoms with van der Waals surface area (Å²) in [7, 11) is 3.84. The second-order valence-electron chi connectivity index (χ2n) is 6.38. The van der Waals surface area contributed by atoms with Crippen LogP contribution >= 0.6 is 0 Å². The molecule has 2 saturated heterocycles. The second-order valence-corrected chi connectivity index (χ2v) is 6.38. The Kier molecular flexibility index (Phi) is 7.63. The Balaban J connectivity index is 0.000000381. The molecule has 1 N–H and O–H groups in total. The molecule has 25 heavy (non-hydrogen) atoms. The van der Waals surface area contributed by atoms with E-state index < -0.39 is 12.1 Å². The molecule has 0 bridgehead atoms. The molecule has 2 rings (SSSR count). The number of nitrogens with zero attached hydrogens (tertiary/aromatic N) is 2. The molecular formula is C15H25F3N2O5. The first-order valence-electron chi connectivity index (χ1n) is 7.97. The fourth-order valence-electron chi connectivity index (χ4n) is 2.86. The molecule has 2 heterocycles. The molecule has 10 heteroatoms. The van der Waals surface area contributed by atoms with Crippen LogP contribution in [0.5, 0.6) is 0 Å². The Morgan fingerprint density at radius 3 is 2.48 bits per heavy atom. The summed E-state index contributed by atoms with van der Waals surface area (Å²) in [5.74, 6) is -2.56. The molecule has 0 aliphatic carbocycles. The molecule has 2 atom stereocenters. The Bertz CT molecular complexity index is 473. The van der Waals surface area contributed by atoms with Crippen molar-refractivity contribution < 1.29 is 37.3 Å². The summed E-state index contributed by atoms with van der Waals surface area (Å²) in [6, 6.07) is 0. The number of likely N-dealkylation sites (tertiary alicyclic amines) is 1. The topological polar surface area (TPSA) is 79.3 Å². The number of carbonyl (C=O) groups excluding carboxylic acids is 1. The van der Waals surface area contributed by atoms with Crippen LogP contribution < -0.4 is 0 Å². The number of aliphatic carboxylic acids is 1. The SMILES string of the molecule is CCO[C@H]1CO[C@@]2(CCN(C(=O)CN(C)C)C2)C1.O=C(O)C(F)(F)F. The van der Waals surface area contributed by atoms with Gasteiger partial charge in [0.25, 0.3) is 0 Å². The summed E-state index contributed by atoms with van der Waals surface area (Å²) in [6.45, 7) is 5.42. The zero-order valence-electron chi connectivity index (χ0n) is 14.6. The molecule has 2 aliphatic heterocycles. The van der Waals surface area contributed by atoms with Crippen LogP contribution in [0, 0.1) is 0 Å². The third-order valence-corrected chi connectivity index (χ3v) is 3.94. The average Bonchev–Trinajstić information content (AvgIpc) is 3.06. The van der Waals surface area contributed by atoms with Crippen LogP contribution in [-0.4, -0.2) is 91.6 Å². The van der Waals surface area contributed by atoms with E-state index in [2.05, 4.69) is 0 Å². The lowest BCUT2D eigenvalue weighted by Crippen LogP contribution is -2.39. The lowest BCUT2D eigenvalue weighted by Gasteiger charge is -2.24. The van der Waals surface area contributed by atoms with E-state index in [1.807, 2.05) is 30.8 Å². The summed E-state index contributed by atoms with van der Waals surface area (Å²) in [5.41, 5.74) is -0.137. The van der Waals surface area contributed by atoms with Crippen LogP contribution in [0.25, 0.3) is 0 Å². The largest absolute Gasteiger partial charge is 0.490 e. The first-order valence-corrected chi connectivity index (χ1v) is 7.97. The molecule has 0 saturated carbocycles. The number of carbonyl (C=O) groups is 2. The highest BCUT2D eigenvalue weighted by atomic mass is 19.4. The van der Waals surface area contributed by atoms with E-state index in [1.165, 1.54) is 0 Å². The van der Waals surface area contributed by atoms with Gasteiger partial charge in [-0.3, -0.25) is 4.79 Å². The van der Waals surface area contributed by atoms with Gasteiger partial charge >= 0.3 is 12.1 Å². The Labute approximate surface area is 144 Å². The number of hydrogen-bond acceptors (Lipinski definition) is 5. The molecule has 0 aromatic heterocycles. The minimum absolute atomic E-state index is 0.137. The highest BCUT2D eigenvalue weighted by Gasteiger charge is 2.46. The fourth-order valence-corrected chi connectivity index (χ4v) is 2.86. The molecule has 0 aromatic carbocycles.